The summed E-state index contributed by atoms with van der Waals surface area (Å²) in [6.45, 7) is 0. The molecule has 4 heteroatoms. The zero-order valence-electron chi connectivity index (χ0n) is 9.56. The zero-order chi connectivity index (χ0) is 11.7. The first-order valence-corrected chi connectivity index (χ1v) is 5.34. The Morgan fingerprint density at radius 3 is 2.69 bits per heavy atom. The third-order valence-corrected chi connectivity index (χ3v) is 2.92. The number of ether oxygens (including phenoxy) is 1. The fraction of sp³-hybridized carbons (Fsp3) is 0.417. The maximum atomic E-state index is 11.3. The minimum Gasteiger partial charge on any atom is -0.465 e. The summed E-state index contributed by atoms with van der Waals surface area (Å²) in [5, 5.41) is 0. The van der Waals surface area contributed by atoms with Crippen molar-refractivity contribution in [2.24, 2.45) is 0 Å². The number of hydrogen-bond acceptors (Lipinski definition) is 4. The molecule has 86 valence electrons. The monoisotopic (exact) mass is 220 g/mol. The summed E-state index contributed by atoms with van der Waals surface area (Å²) in [6.07, 6.45) is 2.43. The van der Waals surface area contributed by atoms with E-state index in [0.29, 0.717) is 17.3 Å². The van der Waals surface area contributed by atoms with E-state index in [4.69, 9.17) is 5.73 Å². The zero-order valence-corrected chi connectivity index (χ0v) is 9.56. The molecule has 0 radical (unpaired) electrons. The van der Waals surface area contributed by atoms with Gasteiger partial charge in [0, 0.05) is 13.1 Å². The molecule has 0 spiro atoms. The van der Waals surface area contributed by atoms with E-state index in [1.54, 1.807) is 12.1 Å². The summed E-state index contributed by atoms with van der Waals surface area (Å²) >= 11 is 0. The van der Waals surface area contributed by atoms with Gasteiger partial charge in [0.05, 0.1) is 24.0 Å². The molecule has 1 aliphatic carbocycles. The van der Waals surface area contributed by atoms with E-state index < -0.39 is 0 Å². The van der Waals surface area contributed by atoms with Crippen molar-refractivity contribution in [3.05, 3.63) is 23.8 Å². The van der Waals surface area contributed by atoms with Crippen LogP contribution in [0.25, 0.3) is 0 Å². The smallest absolute Gasteiger partial charge is 0.337 e. The van der Waals surface area contributed by atoms with Gasteiger partial charge in [0.1, 0.15) is 0 Å². The number of carbonyl (C=O) groups excluding carboxylic acids is 1. The number of nitrogens with zero attached hydrogens (tertiary/aromatic N) is 1. The Balaban J connectivity index is 2.25. The Bertz CT molecular complexity index is 413. The molecule has 0 saturated heterocycles. The van der Waals surface area contributed by atoms with E-state index in [1.807, 2.05) is 13.1 Å². The van der Waals surface area contributed by atoms with Gasteiger partial charge in [0.2, 0.25) is 0 Å². The predicted octanol–water partition coefficient (Wildman–Crippen LogP) is 1.65. The largest absolute Gasteiger partial charge is 0.465 e. The Morgan fingerprint density at radius 1 is 1.50 bits per heavy atom. The lowest BCUT2D eigenvalue weighted by Gasteiger charge is -2.20. The molecule has 0 amide bonds. The highest BCUT2D eigenvalue weighted by Crippen LogP contribution is 2.33. The van der Waals surface area contributed by atoms with Crippen LogP contribution in [0, 0.1) is 0 Å². The Hall–Kier alpha value is -1.71. The molecule has 2 N–H and O–H groups in total. The fourth-order valence-electron chi connectivity index (χ4n) is 1.78. The third kappa shape index (κ3) is 1.96. The van der Waals surface area contributed by atoms with Crippen molar-refractivity contribution in [1.29, 1.82) is 0 Å². The Morgan fingerprint density at radius 2 is 2.19 bits per heavy atom. The fourth-order valence-corrected chi connectivity index (χ4v) is 1.78. The molecule has 1 saturated carbocycles. The summed E-state index contributed by atoms with van der Waals surface area (Å²) in [7, 11) is 3.39. The number of hydrogen-bond donors (Lipinski definition) is 1. The Kier molecular flexibility index (Phi) is 2.73. The molecule has 16 heavy (non-hydrogen) atoms. The number of nitrogen functional groups attached to an aromatic ring is 1. The number of nitrogens with two attached hydrogens (primary N) is 1. The van der Waals surface area contributed by atoms with E-state index >= 15 is 0 Å². The first-order chi connectivity index (χ1) is 7.63. The van der Waals surface area contributed by atoms with Crippen LogP contribution < -0.4 is 10.6 Å². The van der Waals surface area contributed by atoms with E-state index in [9.17, 15) is 4.79 Å². The molecule has 0 unspecified atom stereocenters. The molecule has 2 rings (SSSR count). The lowest BCUT2D eigenvalue weighted by atomic mass is 10.1. The van der Waals surface area contributed by atoms with Gasteiger partial charge in [-0.1, -0.05) is 0 Å². The minimum absolute atomic E-state index is 0.354. The van der Waals surface area contributed by atoms with E-state index in [2.05, 4.69) is 9.64 Å². The average molecular weight is 220 g/mol. The summed E-state index contributed by atoms with van der Waals surface area (Å²) in [4.78, 5) is 13.5. The number of carbonyl (C=O) groups is 1. The van der Waals surface area contributed by atoms with Gasteiger partial charge in [-0.3, -0.25) is 0 Å². The Labute approximate surface area is 95.0 Å². The van der Waals surface area contributed by atoms with Crippen LogP contribution in [0.5, 0.6) is 0 Å². The predicted molar refractivity (Wildman–Crippen MR) is 63.6 cm³/mol. The van der Waals surface area contributed by atoms with Gasteiger partial charge in [-0.25, -0.2) is 4.79 Å². The summed E-state index contributed by atoms with van der Waals surface area (Å²) in [6, 6.07) is 5.89. The lowest BCUT2D eigenvalue weighted by Crippen LogP contribution is -2.20. The van der Waals surface area contributed by atoms with Crippen molar-refractivity contribution in [1.82, 2.24) is 0 Å². The maximum absolute atomic E-state index is 11.3. The summed E-state index contributed by atoms with van der Waals surface area (Å²) < 4.78 is 4.64. The molecule has 1 aliphatic rings. The summed E-state index contributed by atoms with van der Waals surface area (Å²) in [5.74, 6) is -0.354. The van der Waals surface area contributed by atoms with Crippen LogP contribution in [0.1, 0.15) is 23.2 Å². The normalized spacial score (nSPS) is 14.6. The highest BCUT2D eigenvalue weighted by molar-refractivity contribution is 5.92. The standard InChI is InChI=1S/C12H16N2O2/c1-14(9-4-5-9)11-6-3-8(7-10(11)13)12(15)16-2/h3,6-7,9H,4-5,13H2,1-2H3. The number of methoxy groups -OCH3 is 1. The second kappa shape index (κ2) is 4.04. The van der Waals surface area contributed by atoms with Gasteiger partial charge in [-0.05, 0) is 31.0 Å². The minimum atomic E-state index is -0.354. The number of rotatable bonds is 3. The van der Waals surface area contributed by atoms with Crippen LogP contribution in [0.2, 0.25) is 0 Å². The lowest BCUT2D eigenvalue weighted by molar-refractivity contribution is 0.0601. The van der Waals surface area contributed by atoms with Gasteiger partial charge in [0.25, 0.3) is 0 Å². The quantitative estimate of drug-likeness (QED) is 0.621. The molecule has 1 aromatic carbocycles. The second-order valence-electron chi connectivity index (χ2n) is 4.11. The van der Waals surface area contributed by atoms with Crippen molar-refractivity contribution >= 4 is 17.3 Å². The number of benzene rings is 1. The van der Waals surface area contributed by atoms with Crippen molar-refractivity contribution in [3.8, 4) is 0 Å². The molecule has 0 atom stereocenters. The molecule has 0 heterocycles. The van der Waals surface area contributed by atoms with Crippen LogP contribution in [0.15, 0.2) is 18.2 Å². The molecule has 0 aliphatic heterocycles. The molecule has 1 fully saturated rings. The third-order valence-electron chi connectivity index (χ3n) is 2.92. The van der Waals surface area contributed by atoms with Crippen molar-refractivity contribution in [2.45, 2.75) is 18.9 Å². The van der Waals surface area contributed by atoms with Crippen LogP contribution in [-0.4, -0.2) is 26.2 Å². The number of esters is 1. The van der Waals surface area contributed by atoms with E-state index in [-0.39, 0.29) is 5.97 Å². The van der Waals surface area contributed by atoms with Crippen molar-refractivity contribution in [3.63, 3.8) is 0 Å². The van der Waals surface area contributed by atoms with Gasteiger partial charge in [-0.2, -0.15) is 0 Å². The topological polar surface area (TPSA) is 55.6 Å². The van der Waals surface area contributed by atoms with Crippen LogP contribution in [-0.2, 0) is 4.74 Å². The molecule has 1 aromatic rings. The van der Waals surface area contributed by atoms with Crippen LogP contribution in [0.4, 0.5) is 11.4 Å². The molecule has 0 aromatic heterocycles. The maximum Gasteiger partial charge on any atom is 0.337 e. The highest BCUT2D eigenvalue weighted by atomic mass is 16.5. The van der Waals surface area contributed by atoms with Crippen LogP contribution in [0.3, 0.4) is 0 Å². The van der Waals surface area contributed by atoms with E-state index in [0.717, 1.165) is 5.69 Å². The molecular formula is C12H16N2O2. The van der Waals surface area contributed by atoms with Crippen LogP contribution >= 0.6 is 0 Å². The van der Waals surface area contributed by atoms with Crippen molar-refractivity contribution in [2.75, 3.05) is 24.8 Å². The first-order valence-electron chi connectivity index (χ1n) is 5.34. The van der Waals surface area contributed by atoms with Gasteiger partial charge >= 0.3 is 5.97 Å². The summed E-state index contributed by atoms with van der Waals surface area (Å²) in [5.41, 5.74) is 8.03. The van der Waals surface area contributed by atoms with Gasteiger partial charge < -0.3 is 15.4 Å². The molecular weight excluding hydrogens is 204 g/mol. The van der Waals surface area contributed by atoms with Gasteiger partial charge in [-0.15, -0.1) is 0 Å². The molecule has 0 bridgehead atoms. The SMILES string of the molecule is COC(=O)c1ccc(N(C)C2CC2)c(N)c1. The molecule has 4 nitrogen and oxygen atoms in total. The van der Waals surface area contributed by atoms with Gasteiger partial charge in [0.15, 0.2) is 0 Å². The second-order valence-corrected chi connectivity index (χ2v) is 4.11. The van der Waals surface area contributed by atoms with E-state index in [1.165, 1.54) is 20.0 Å². The highest BCUT2D eigenvalue weighted by Gasteiger charge is 2.27. The number of anilines is 2. The first kappa shape index (κ1) is 10.8. The van der Waals surface area contributed by atoms with Crippen molar-refractivity contribution < 1.29 is 9.53 Å². The average Bonchev–Trinajstić information content (AvgIpc) is 3.10.